The standard InChI is InChI=1S/C10H12F6N2O4S2/c1-3-4-5-6-17-7(23(19,20)9(11,12)13)8(18(6)2)24(21,22)10(14,15)16/h3-5H2,1-2H3/p+1. The smallest absolute Gasteiger partial charge is 0.230 e. The third kappa shape index (κ3) is 3.38. The third-order valence-electron chi connectivity index (χ3n) is 3.06. The molecule has 0 bridgehead atoms. The molecule has 6 nitrogen and oxygen atoms in total. The molecule has 0 saturated heterocycles. The average molecular weight is 403 g/mol. The quantitative estimate of drug-likeness (QED) is 0.600. The van der Waals surface area contributed by atoms with Crippen LogP contribution < -0.4 is 4.57 Å². The molecule has 0 saturated carbocycles. The Morgan fingerprint density at radius 1 is 0.958 bits per heavy atom. The number of nitrogens with zero attached hydrogens (tertiary/aromatic N) is 1. The molecule has 0 aliphatic heterocycles. The molecule has 0 aliphatic carbocycles. The van der Waals surface area contributed by atoms with Crippen LogP contribution in [0.25, 0.3) is 0 Å². The Kier molecular flexibility index (Phi) is 5.36. The summed E-state index contributed by atoms with van der Waals surface area (Å²) >= 11 is 0. The molecule has 0 aliphatic rings. The molecular formula is C10H13F6N2O4S2+. The number of aromatic nitrogens is 2. The predicted molar refractivity (Wildman–Crippen MR) is 67.1 cm³/mol. The van der Waals surface area contributed by atoms with Crippen LogP contribution in [0.15, 0.2) is 10.1 Å². The fourth-order valence-electron chi connectivity index (χ4n) is 1.83. The molecule has 140 valence electrons. The zero-order valence-electron chi connectivity index (χ0n) is 12.3. The Morgan fingerprint density at radius 3 is 1.79 bits per heavy atom. The van der Waals surface area contributed by atoms with Gasteiger partial charge in [-0.05, 0) is 6.42 Å². The van der Waals surface area contributed by atoms with Gasteiger partial charge in [0, 0.05) is 6.42 Å². The fourth-order valence-corrected chi connectivity index (χ4v) is 4.32. The van der Waals surface area contributed by atoms with Crippen LogP contribution >= 0.6 is 0 Å². The highest BCUT2D eigenvalue weighted by Gasteiger charge is 2.60. The van der Waals surface area contributed by atoms with E-state index in [2.05, 4.69) is 0 Å². The van der Waals surface area contributed by atoms with E-state index in [-0.39, 0.29) is 23.2 Å². The number of hydrogen-bond donors (Lipinski definition) is 1. The molecule has 1 aromatic rings. The van der Waals surface area contributed by atoms with Gasteiger partial charge in [-0.15, -0.1) is 0 Å². The van der Waals surface area contributed by atoms with Crippen LogP contribution in [-0.2, 0) is 33.1 Å². The summed E-state index contributed by atoms with van der Waals surface area (Å²) in [5.41, 5.74) is -11.9. The summed E-state index contributed by atoms with van der Waals surface area (Å²) < 4.78 is 123. The molecule has 1 heterocycles. The van der Waals surface area contributed by atoms with Crippen LogP contribution in [0.3, 0.4) is 0 Å². The summed E-state index contributed by atoms with van der Waals surface area (Å²) in [7, 11) is -11.9. The molecule has 1 aromatic heterocycles. The number of unbranched alkanes of at least 4 members (excludes halogenated alkanes) is 1. The van der Waals surface area contributed by atoms with Gasteiger partial charge >= 0.3 is 30.7 Å². The van der Waals surface area contributed by atoms with Gasteiger partial charge in [0.2, 0.25) is 0 Å². The van der Waals surface area contributed by atoms with Gasteiger partial charge in [-0.2, -0.15) is 26.3 Å². The largest absolute Gasteiger partial charge is 0.505 e. The van der Waals surface area contributed by atoms with Gasteiger partial charge in [-0.3, -0.25) is 0 Å². The van der Waals surface area contributed by atoms with Gasteiger partial charge in [0.05, 0.1) is 7.05 Å². The number of hydrogen-bond acceptors (Lipinski definition) is 4. The number of imidazole rings is 1. The highest BCUT2D eigenvalue weighted by Crippen LogP contribution is 2.36. The SMILES string of the molecule is CCCCc1[nH]c(S(=O)(=O)C(F)(F)F)c(S(=O)(=O)C(F)(F)F)[n+]1C. The number of alkyl halides is 6. The van der Waals surface area contributed by atoms with Gasteiger partial charge in [-0.25, -0.2) is 26.4 Å². The Morgan fingerprint density at radius 2 is 1.42 bits per heavy atom. The Hall–Kier alpha value is -1.31. The number of halogens is 6. The van der Waals surface area contributed by atoms with E-state index >= 15 is 0 Å². The van der Waals surface area contributed by atoms with Crippen LogP contribution in [0.1, 0.15) is 25.6 Å². The molecule has 24 heavy (non-hydrogen) atoms. The van der Waals surface area contributed by atoms with Crippen molar-refractivity contribution in [1.82, 2.24) is 4.98 Å². The summed E-state index contributed by atoms with van der Waals surface area (Å²) in [6.07, 6.45) is 0.633. The monoisotopic (exact) mass is 403 g/mol. The maximum Gasteiger partial charge on any atom is 0.505 e. The summed E-state index contributed by atoms with van der Waals surface area (Å²) in [6.45, 7) is 1.67. The van der Waals surface area contributed by atoms with Gasteiger partial charge in [0.15, 0.2) is 0 Å². The highest BCUT2D eigenvalue weighted by atomic mass is 32.2. The van der Waals surface area contributed by atoms with Crippen LogP contribution in [0.4, 0.5) is 26.3 Å². The van der Waals surface area contributed by atoms with Crippen molar-refractivity contribution in [3.8, 4) is 0 Å². The Balaban J connectivity index is 3.85. The molecule has 0 amide bonds. The second-order valence-corrected chi connectivity index (χ2v) is 8.50. The number of aryl methyl sites for hydroxylation is 1. The van der Waals surface area contributed by atoms with E-state index in [1.807, 2.05) is 0 Å². The normalized spacial score (nSPS) is 14.2. The van der Waals surface area contributed by atoms with Crippen LogP contribution in [-0.4, -0.2) is 32.8 Å². The van der Waals surface area contributed by atoms with Crippen molar-refractivity contribution in [2.75, 3.05) is 0 Å². The topological polar surface area (TPSA) is 87.9 Å². The summed E-state index contributed by atoms with van der Waals surface area (Å²) in [5, 5.41) is -4.03. The van der Waals surface area contributed by atoms with Gasteiger partial charge in [-0.1, -0.05) is 13.3 Å². The van der Waals surface area contributed by atoms with Crippen molar-refractivity contribution in [3.63, 3.8) is 0 Å². The van der Waals surface area contributed by atoms with E-state index in [0.717, 1.165) is 7.05 Å². The van der Waals surface area contributed by atoms with Crippen LogP contribution in [0, 0.1) is 0 Å². The molecule has 0 atom stereocenters. The van der Waals surface area contributed by atoms with Crippen LogP contribution in [0.2, 0.25) is 0 Å². The number of aromatic amines is 1. The minimum Gasteiger partial charge on any atom is -0.230 e. The zero-order valence-corrected chi connectivity index (χ0v) is 13.9. The van der Waals surface area contributed by atoms with E-state index in [0.29, 0.717) is 6.42 Å². The molecule has 0 unspecified atom stereocenters. The van der Waals surface area contributed by atoms with Crippen molar-refractivity contribution >= 4 is 19.7 Å². The van der Waals surface area contributed by atoms with Gasteiger partial charge in [0.25, 0.3) is 15.9 Å². The predicted octanol–water partition coefficient (Wildman–Crippen LogP) is 1.77. The van der Waals surface area contributed by atoms with Crippen molar-refractivity contribution in [1.29, 1.82) is 0 Å². The first kappa shape index (κ1) is 20.7. The second kappa shape index (κ2) is 6.20. The van der Waals surface area contributed by atoms with E-state index in [9.17, 15) is 43.2 Å². The zero-order chi connectivity index (χ0) is 19.1. The molecule has 14 heteroatoms. The van der Waals surface area contributed by atoms with E-state index < -0.39 is 40.7 Å². The molecule has 0 aromatic carbocycles. The average Bonchev–Trinajstić information content (AvgIpc) is 2.71. The number of rotatable bonds is 5. The van der Waals surface area contributed by atoms with Crippen molar-refractivity contribution < 1.29 is 47.7 Å². The van der Waals surface area contributed by atoms with E-state index in [1.54, 1.807) is 11.9 Å². The van der Waals surface area contributed by atoms with Crippen LogP contribution in [0.5, 0.6) is 0 Å². The van der Waals surface area contributed by atoms with Crippen molar-refractivity contribution in [2.45, 2.75) is 47.3 Å². The molecular weight excluding hydrogens is 390 g/mol. The number of nitrogens with one attached hydrogen (secondary N) is 1. The molecule has 1 N–H and O–H groups in total. The summed E-state index contributed by atoms with van der Waals surface area (Å²) in [6, 6.07) is 0. The van der Waals surface area contributed by atoms with Crippen molar-refractivity contribution in [2.24, 2.45) is 7.05 Å². The third-order valence-corrected chi connectivity index (χ3v) is 6.23. The number of H-pyrrole nitrogens is 1. The first-order valence-electron chi connectivity index (χ1n) is 6.32. The lowest BCUT2D eigenvalue weighted by Gasteiger charge is -2.08. The summed E-state index contributed by atoms with van der Waals surface area (Å²) in [4.78, 5) is 1.69. The first-order valence-corrected chi connectivity index (χ1v) is 9.29. The molecule has 0 radical (unpaired) electrons. The molecule has 1 rings (SSSR count). The summed E-state index contributed by atoms with van der Waals surface area (Å²) in [5.74, 6) is -0.387. The second-order valence-electron chi connectivity index (χ2n) is 4.77. The van der Waals surface area contributed by atoms with Crippen molar-refractivity contribution in [3.05, 3.63) is 5.82 Å². The van der Waals surface area contributed by atoms with E-state index in [4.69, 9.17) is 0 Å². The molecule has 0 spiro atoms. The highest BCUT2D eigenvalue weighted by molar-refractivity contribution is 7.95. The maximum atomic E-state index is 12.7. The van der Waals surface area contributed by atoms with Gasteiger partial charge < -0.3 is 0 Å². The van der Waals surface area contributed by atoms with E-state index in [1.165, 1.54) is 0 Å². The maximum absolute atomic E-state index is 12.7. The lowest BCUT2D eigenvalue weighted by atomic mass is 10.2. The minimum atomic E-state index is -6.33. The first-order chi connectivity index (χ1) is 10.6. The Labute approximate surface area is 133 Å². The molecule has 0 fully saturated rings. The minimum absolute atomic E-state index is 0.138. The lowest BCUT2D eigenvalue weighted by molar-refractivity contribution is -0.716. The lowest BCUT2D eigenvalue weighted by Crippen LogP contribution is -2.42. The fraction of sp³-hybridized carbons (Fsp3) is 0.700. The number of sulfone groups is 2. The Bertz CT molecular complexity index is 821. The van der Waals surface area contributed by atoms with Gasteiger partial charge in [0.1, 0.15) is 0 Å².